The van der Waals surface area contributed by atoms with Crippen molar-refractivity contribution in [3.8, 4) is 23.0 Å². The monoisotopic (exact) mass is 459 g/mol. The third-order valence-electron chi connectivity index (χ3n) is 4.96. The van der Waals surface area contributed by atoms with Gasteiger partial charge >= 0.3 is 0 Å². The van der Waals surface area contributed by atoms with E-state index in [1.165, 1.54) is 6.33 Å². The Morgan fingerprint density at radius 2 is 1.91 bits per heavy atom. The van der Waals surface area contributed by atoms with Crippen LogP contribution >= 0.6 is 0 Å². The molecule has 34 heavy (non-hydrogen) atoms. The summed E-state index contributed by atoms with van der Waals surface area (Å²) in [4.78, 5) is 29.8. The van der Waals surface area contributed by atoms with Crippen molar-refractivity contribution in [3.63, 3.8) is 0 Å². The first-order valence-electron chi connectivity index (χ1n) is 10.6. The Bertz CT molecular complexity index is 1330. The van der Waals surface area contributed by atoms with Crippen molar-refractivity contribution < 1.29 is 14.1 Å². The number of nitrogens with one attached hydrogen (secondary N) is 2. The minimum atomic E-state index is -0.337. The van der Waals surface area contributed by atoms with Crippen LogP contribution in [0.1, 0.15) is 42.5 Å². The lowest BCUT2D eigenvalue weighted by Crippen LogP contribution is -2.13. The lowest BCUT2D eigenvalue weighted by Gasteiger charge is -2.12. The summed E-state index contributed by atoms with van der Waals surface area (Å²) in [5.74, 6) is 2.31. The largest absolute Gasteiger partial charge is 0.438 e. The maximum atomic E-state index is 12.9. The summed E-state index contributed by atoms with van der Waals surface area (Å²) in [6.45, 7) is 7.90. The van der Waals surface area contributed by atoms with Gasteiger partial charge in [0.05, 0.1) is 5.56 Å². The number of carbonyl (C=O) groups is 1. The van der Waals surface area contributed by atoms with Crippen LogP contribution in [-0.4, -0.2) is 38.0 Å². The Kier molecular flexibility index (Phi) is 6.22. The maximum Gasteiger partial charge on any atom is 0.257 e. The zero-order valence-corrected chi connectivity index (χ0v) is 19.6. The summed E-state index contributed by atoms with van der Waals surface area (Å²) in [6.07, 6.45) is 3.03. The SMILES string of the molecule is CNc1ncnc(-c2cccnc2Oc2cc(C(=O)Nc3cc(C(C)(C)C)on3)ccc2C)n1. The second-order valence-electron chi connectivity index (χ2n) is 8.60. The zero-order valence-electron chi connectivity index (χ0n) is 19.6. The summed E-state index contributed by atoms with van der Waals surface area (Å²) >= 11 is 0. The smallest absolute Gasteiger partial charge is 0.257 e. The molecule has 0 saturated carbocycles. The fourth-order valence-corrected chi connectivity index (χ4v) is 3.02. The van der Waals surface area contributed by atoms with E-state index < -0.39 is 0 Å². The van der Waals surface area contributed by atoms with Crippen LogP contribution in [-0.2, 0) is 5.41 Å². The van der Waals surface area contributed by atoms with Crippen LogP contribution in [0, 0.1) is 6.92 Å². The first kappa shape index (κ1) is 22.8. The van der Waals surface area contributed by atoms with Crippen molar-refractivity contribution in [1.29, 1.82) is 0 Å². The summed E-state index contributed by atoms with van der Waals surface area (Å²) in [7, 11) is 1.72. The number of amides is 1. The molecule has 1 amide bonds. The van der Waals surface area contributed by atoms with Crippen LogP contribution in [0.2, 0.25) is 0 Å². The first-order valence-corrected chi connectivity index (χ1v) is 10.6. The van der Waals surface area contributed by atoms with Gasteiger partial charge in [0, 0.05) is 30.3 Å². The van der Waals surface area contributed by atoms with Gasteiger partial charge in [0.1, 0.15) is 17.8 Å². The highest BCUT2D eigenvalue weighted by molar-refractivity contribution is 6.04. The molecule has 0 saturated heterocycles. The van der Waals surface area contributed by atoms with Gasteiger partial charge in [-0.3, -0.25) is 4.79 Å². The molecule has 3 heterocycles. The van der Waals surface area contributed by atoms with Gasteiger partial charge in [0.15, 0.2) is 11.6 Å². The van der Waals surface area contributed by atoms with E-state index in [-0.39, 0.29) is 11.3 Å². The standard InChI is InChI=1S/C24H25N7O3/c1-14-8-9-15(21(32)29-19-12-18(34-31-19)24(2,3)4)11-17(14)33-22-16(7-6-10-26-22)20-27-13-28-23(25-5)30-20/h6-13H,1-5H3,(H,29,31,32)(H,25,27,28,30). The molecule has 0 unspecified atom stereocenters. The van der Waals surface area contributed by atoms with Crippen LogP contribution in [0.5, 0.6) is 11.6 Å². The van der Waals surface area contributed by atoms with Crippen molar-refractivity contribution in [1.82, 2.24) is 25.1 Å². The lowest BCUT2D eigenvalue weighted by atomic mass is 9.93. The molecule has 4 aromatic rings. The molecule has 0 aliphatic rings. The van der Waals surface area contributed by atoms with Gasteiger partial charge in [-0.25, -0.2) is 15.0 Å². The van der Waals surface area contributed by atoms with E-state index >= 15 is 0 Å². The molecule has 10 nitrogen and oxygen atoms in total. The van der Waals surface area contributed by atoms with E-state index in [4.69, 9.17) is 9.26 Å². The number of aromatic nitrogens is 5. The molecule has 0 atom stereocenters. The molecular formula is C24H25N7O3. The Morgan fingerprint density at radius 3 is 2.65 bits per heavy atom. The highest BCUT2D eigenvalue weighted by atomic mass is 16.5. The Morgan fingerprint density at radius 1 is 1.09 bits per heavy atom. The molecule has 10 heteroatoms. The number of carbonyl (C=O) groups excluding carboxylic acids is 1. The van der Waals surface area contributed by atoms with Gasteiger partial charge in [-0.2, -0.15) is 4.98 Å². The number of anilines is 2. The second-order valence-corrected chi connectivity index (χ2v) is 8.60. The van der Waals surface area contributed by atoms with E-state index in [9.17, 15) is 4.79 Å². The minimum absolute atomic E-state index is 0.215. The predicted molar refractivity (Wildman–Crippen MR) is 127 cm³/mol. The summed E-state index contributed by atoms with van der Waals surface area (Å²) in [6, 6.07) is 10.5. The zero-order chi connectivity index (χ0) is 24.3. The first-order chi connectivity index (χ1) is 16.2. The predicted octanol–water partition coefficient (Wildman–Crippen LogP) is 4.61. The third-order valence-corrected chi connectivity index (χ3v) is 4.96. The van der Waals surface area contributed by atoms with Crippen molar-refractivity contribution in [3.05, 3.63) is 65.8 Å². The summed E-state index contributed by atoms with van der Waals surface area (Å²) in [5.41, 5.74) is 1.61. The quantitative estimate of drug-likeness (QED) is 0.424. The molecule has 4 rings (SSSR count). The Labute approximate surface area is 196 Å². The van der Waals surface area contributed by atoms with Crippen LogP contribution in [0.3, 0.4) is 0 Å². The number of pyridine rings is 1. The molecule has 1 aromatic carbocycles. The second kappa shape index (κ2) is 9.26. The fourth-order valence-electron chi connectivity index (χ4n) is 3.02. The Hall–Kier alpha value is -4.34. The summed E-state index contributed by atoms with van der Waals surface area (Å²) < 4.78 is 11.5. The molecule has 0 fully saturated rings. The maximum absolute atomic E-state index is 12.9. The van der Waals surface area contributed by atoms with Gasteiger partial charge in [0.2, 0.25) is 11.8 Å². The molecule has 0 spiro atoms. The average Bonchev–Trinajstić information content (AvgIpc) is 3.30. The molecular weight excluding hydrogens is 434 g/mol. The van der Waals surface area contributed by atoms with Gasteiger partial charge in [-0.15, -0.1) is 0 Å². The number of ether oxygens (including phenoxy) is 1. The van der Waals surface area contributed by atoms with Crippen LogP contribution < -0.4 is 15.4 Å². The number of benzene rings is 1. The van der Waals surface area contributed by atoms with Crippen molar-refractivity contribution >= 4 is 17.7 Å². The van der Waals surface area contributed by atoms with E-state index in [1.807, 2.05) is 27.7 Å². The van der Waals surface area contributed by atoms with E-state index in [0.717, 1.165) is 5.56 Å². The fraction of sp³-hybridized carbons (Fsp3) is 0.250. The normalized spacial score (nSPS) is 11.2. The Balaban J connectivity index is 1.59. The molecule has 0 aliphatic carbocycles. The number of rotatable bonds is 6. The molecule has 0 radical (unpaired) electrons. The van der Waals surface area contributed by atoms with Gasteiger partial charge in [-0.1, -0.05) is 32.0 Å². The third kappa shape index (κ3) is 5.01. The van der Waals surface area contributed by atoms with E-state index in [2.05, 4.69) is 35.7 Å². The van der Waals surface area contributed by atoms with Crippen molar-refractivity contribution in [2.45, 2.75) is 33.1 Å². The van der Waals surface area contributed by atoms with Crippen LogP contribution in [0.25, 0.3) is 11.4 Å². The minimum Gasteiger partial charge on any atom is -0.438 e. The van der Waals surface area contributed by atoms with Crippen LogP contribution in [0.4, 0.5) is 11.8 Å². The molecule has 0 bridgehead atoms. The highest BCUT2D eigenvalue weighted by Crippen LogP contribution is 2.32. The number of hydrogen-bond donors (Lipinski definition) is 2. The van der Waals surface area contributed by atoms with Crippen LogP contribution in [0.15, 0.2) is 53.4 Å². The topological polar surface area (TPSA) is 128 Å². The summed E-state index contributed by atoms with van der Waals surface area (Å²) in [5, 5.41) is 9.59. The number of hydrogen-bond acceptors (Lipinski definition) is 9. The molecule has 3 aromatic heterocycles. The number of nitrogens with zero attached hydrogens (tertiary/aromatic N) is 5. The molecule has 2 N–H and O–H groups in total. The van der Waals surface area contributed by atoms with Crippen molar-refractivity contribution in [2.75, 3.05) is 17.7 Å². The van der Waals surface area contributed by atoms with Crippen molar-refractivity contribution in [2.24, 2.45) is 0 Å². The lowest BCUT2D eigenvalue weighted by molar-refractivity contribution is 0.102. The van der Waals surface area contributed by atoms with E-state index in [1.54, 1.807) is 49.6 Å². The molecule has 174 valence electrons. The highest BCUT2D eigenvalue weighted by Gasteiger charge is 2.21. The van der Waals surface area contributed by atoms with Gasteiger partial charge in [-0.05, 0) is 36.8 Å². The molecule has 0 aliphatic heterocycles. The number of aryl methyl sites for hydroxylation is 1. The van der Waals surface area contributed by atoms with Gasteiger partial charge < -0.3 is 19.9 Å². The van der Waals surface area contributed by atoms with E-state index in [0.29, 0.717) is 46.1 Å². The van der Waals surface area contributed by atoms with Gasteiger partial charge in [0.25, 0.3) is 5.91 Å². The average molecular weight is 460 g/mol.